The summed E-state index contributed by atoms with van der Waals surface area (Å²) in [4.78, 5) is 71.5. The molecule has 4 unspecified atom stereocenters. The van der Waals surface area contributed by atoms with Crippen LogP contribution in [0.25, 0.3) is 10.8 Å². The van der Waals surface area contributed by atoms with E-state index in [1.165, 1.54) is 10.3 Å². The highest BCUT2D eigenvalue weighted by molar-refractivity contribution is 7.90. The number of carboxylic acids is 1. The number of nitrogens with one attached hydrogen (secondary N) is 3. The highest BCUT2D eigenvalue weighted by Crippen LogP contribution is 2.46. The van der Waals surface area contributed by atoms with Gasteiger partial charge in [-0.3, -0.25) is 19.3 Å². The number of ether oxygens (including phenoxy) is 1. The molecule has 3 heterocycles. The minimum Gasteiger partial charge on any atom is -0.478 e. The molecule has 2 aliphatic carbocycles. The van der Waals surface area contributed by atoms with E-state index in [4.69, 9.17) is 4.74 Å². The Labute approximate surface area is 337 Å². The van der Waals surface area contributed by atoms with Crippen molar-refractivity contribution in [3.8, 4) is 0 Å². The molecule has 14 nitrogen and oxygen atoms in total. The van der Waals surface area contributed by atoms with Crippen LogP contribution >= 0.6 is 0 Å². The number of amides is 4. The van der Waals surface area contributed by atoms with Crippen LogP contribution in [0.15, 0.2) is 77.7 Å². The number of hydrogen-bond donors (Lipinski definition) is 4. The predicted octanol–water partition coefficient (Wildman–Crippen LogP) is 4.76. The molecule has 1 saturated heterocycles. The molecule has 4 N–H and O–H groups in total. The molecule has 58 heavy (non-hydrogen) atoms. The Morgan fingerprint density at radius 1 is 0.879 bits per heavy atom. The van der Waals surface area contributed by atoms with Crippen LogP contribution in [-0.2, 0) is 42.2 Å². The number of nitrogens with zero attached hydrogens (tertiary/aromatic N) is 2. The number of carbonyl (C=O) groups is 5. The fourth-order valence-corrected chi connectivity index (χ4v) is 10.3. The number of benzene rings is 3. The monoisotopic (exact) mass is 811 g/mol. The van der Waals surface area contributed by atoms with Crippen molar-refractivity contribution in [2.24, 2.45) is 5.92 Å². The number of allylic oxidation sites excluding steroid dienone is 1. The lowest BCUT2D eigenvalue weighted by molar-refractivity contribution is -0.141. The van der Waals surface area contributed by atoms with Gasteiger partial charge in [0.2, 0.25) is 11.8 Å². The van der Waals surface area contributed by atoms with Gasteiger partial charge in [-0.1, -0.05) is 61.4 Å². The zero-order valence-corrected chi connectivity index (χ0v) is 33.0. The average Bonchev–Trinajstić information content (AvgIpc) is 3.48. The van der Waals surface area contributed by atoms with E-state index in [0.29, 0.717) is 32.4 Å². The summed E-state index contributed by atoms with van der Waals surface area (Å²) in [5.41, 5.74) is 0.567. The largest absolute Gasteiger partial charge is 0.478 e. The Hall–Kier alpha value is -5.28. The number of aromatic carboxylic acids is 1. The van der Waals surface area contributed by atoms with Crippen molar-refractivity contribution < 1.29 is 42.2 Å². The highest BCUT2D eigenvalue weighted by atomic mass is 32.2. The van der Waals surface area contributed by atoms with Crippen molar-refractivity contribution in [1.82, 2.24) is 25.2 Å². The van der Waals surface area contributed by atoms with E-state index < -0.39 is 63.3 Å². The number of alkyl carbamates (subject to hydrolysis) is 1. The molecule has 0 aromatic heterocycles. The normalized spacial score (nSPS) is 27.3. The molecule has 3 fully saturated rings. The summed E-state index contributed by atoms with van der Waals surface area (Å²) in [6, 6.07) is 14.7. The molecule has 0 bridgehead atoms. The number of sulfonamides is 1. The molecule has 15 heteroatoms. The van der Waals surface area contributed by atoms with Gasteiger partial charge in [0.05, 0.1) is 10.5 Å². The maximum atomic E-state index is 14.7. The van der Waals surface area contributed by atoms with Gasteiger partial charge < -0.3 is 25.4 Å². The predicted molar refractivity (Wildman–Crippen MR) is 213 cm³/mol. The van der Waals surface area contributed by atoms with Crippen LogP contribution < -0.4 is 15.4 Å². The second-order valence-electron chi connectivity index (χ2n) is 16.3. The van der Waals surface area contributed by atoms with Crippen LogP contribution in [0.4, 0.5) is 4.79 Å². The summed E-state index contributed by atoms with van der Waals surface area (Å²) in [6.45, 7) is 1.42. The van der Waals surface area contributed by atoms with Crippen LogP contribution in [0.2, 0.25) is 0 Å². The summed E-state index contributed by atoms with van der Waals surface area (Å²) in [7, 11) is -4.46. The zero-order chi connectivity index (χ0) is 40.6. The lowest BCUT2D eigenvalue weighted by atomic mass is 9.94. The molecule has 306 valence electrons. The first kappa shape index (κ1) is 39.5. The van der Waals surface area contributed by atoms with Gasteiger partial charge in [0.15, 0.2) is 0 Å². The van der Waals surface area contributed by atoms with E-state index in [0.717, 1.165) is 79.3 Å². The van der Waals surface area contributed by atoms with E-state index in [2.05, 4.69) is 44.5 Å². The molecule has 8 rings (SSSR count). The van der Waals surface area contributed by atoms with Crippen LogP contribution in [0.3, 0.4) is 0 Å². The van der Waals surface area contributed by atoms with Crippen LogP contribution in [0.1, 0.15) is 92.1 Å². The standard InChI is InChI=1S/C43H49N5O9S/c49-38-36-22-32(47-24-29-12-8-10-27-11-9-13-30(25-47)37(27)29)26-48(36)39(50)35(44-42(54)57-33-15-6-7-16-33)17-5-3-1-2-4-14-31-23-43(31,45-38)41(53)46-58(55,56)34-20-18-28(19-21-34)40(51)52/h4,8-14,18-21,31-33,35-36H,1-3,5-7,15-17,22-26H2,(H,44,54)(H,45,49)(H,46,53)(H,51,52)/b14-4+/t31?,32-,35?,36?,43?/m1/s1. The second kappa shape index (κ2) is 16.2. The zero-order valence-electron chi connectivity index (χ0n) is 32.2. The first-order valence-electron chi connectivity index (χ1n) is 20.3. The number of rotatable bonds is 7. The SMILES string of the molecule is O=C(NC1CCCCC/C=C/C2CC2(C(=O)NS(=O)(=O)c2ccc(C(=O)O)cc2)NC(=O)C2C[C@@H](N3Cc4cccc5cccc(c45)C3)CN2C1=O)OC1CCCC1. The summed E-state index contributed by atoms with van der Waals surface area (Å²) >= 11 is 0. The molecule has 0 radical (unpaired) electrons. The van der Waals surface area contributed by atoms with E-state index >= 15 is 0 Å². The third kappa shape index (κ3) is 8.06. The molecule has 5 aliphatic rings. The molecule has 3 aromatic rings. The van der Waals surface area contributed by atoms with Crippen molar-refractivity contribution in [3.63, 3.8) is 0 Å². The summed E-state index contributed by atoms with van der Waals surface area (Å²) in [5, 5.41) is 17.4. The van der Waals surface area contributed by atoms with Gasteiger partial charge >= 0.3 is 12.1 Å². The van der Waals surface area contributed by atoms with Gasteiger partial charge in [0.25, 0.3) is 15.9 Å². The summed E-state index contributed by atoms with van der Waals surface area (Å²) in [6.07, 6.45) is 10.0. The third-order valence-corrected chi connectivity index (χ3v) is 13.9. The minimum atomic E-state index is -4.46. The first-order valence-corrected chi connectivity index (χ1v) is 21.8. The molecule has 4 amide bonds. The van der Waals surface area contributed by atoms with Gasteiger partial charge in [0.1, 0.15) is 23.7 Å². The Balaban J connectivity index is 1.08. The van der Waals surface area contributed by atoms with Crippen molar-refractivity contribution in [2.45, 2.75) is 118 Å². The maximum absolute atomic E-state index is 14.7. The molecule has 3 aromatic carbocycles. The topological polar surface area (TPSA) is 192 Å². The van der Waals surface area contributed by atoms with Crippen molar-refractivity contribution in [2.75, 3.05) is 6.54 Å². The lowest BCUT2D eigenvalue weighted by Gasteiger charge is -2.34. The van der Waals surface area contributed by atoms with Crippen molar-refractivity contribution in [1.29, 1.82) is 0 Å². The van der Waals surface area contributed by atoms with Crippen molar-refractivity contribution >= 4 is 50.6 Å². The molecular formula is C43H49N5O9S. The summed E-state index contributed by atoms with van der Waals surface area (Å²) in [5.74, 6) is -3.66. The number of fused-ring (bicyclic) bond motifs is 2. The number of hydrogen-bond acceptors (Lipinski definition) is 9. The quantitative estimate of drug-likeness (QED) is 0.242. The molecule has 5 atom stereocenters. The minimum absolute atomic E-state index is 0.117. The lowest BCUT2D eigenvalue weighted by Crippen LogP contribution is -2.58. The van der Waals surface area contributed by atoms with E-state index in [1.807, 2.05) is 24.3 Å². The average molecular weight is 812 g/mol. The number of carboxylic acid groups (broad SMARTS) is 1. The maximum Gasteiger partial charge on any atom is 0.408 e. The Morgan fingerprint density at radius 3 is 2.26 bits per heavy atom. The van der Waals surface area contributed by atoms with Crippen LogP contribution in [0.5, 0.6) is 0 Å². The van der Waals surface area contributed by atoms with Crippen LogP contribution in [-0.4, -0.2) is 89.4 Å². The molecule has 3 aliphatic heterocycles. The molecular weight excluding hydrogens is 763 g/mol. The van der Waals surface area contributed by atoms with E-state index in [9.17, 15) is 37.5 Å². The van der Waals surface area contributed by atoms with Gasteiger partial charge in [0, 0.05) is 31.6 Å². The Kier molecular flexibility index (Phi) is 11.0. The second-order valence-corrected chi connectivity index (χ2v) is 18.0. The van der Waals surface area contributed by atoms with Gasteiger partial charge in [-0.05, 0) is 104 Å². The smallest absolute Gasteiger partial charge is 0.408 e. The van der Waals surface area contributed by atoms with Gasteiger partial charge in [-0.2, -0.15) is 0 Å². The first-order chi connectivity index (χ1) is 27.9. The Bertz CT molecular complexity index is 2220. The Morgan fingerprint density at radius 2 is 1.57 bits per heavy atom. The van der Waals surface area contributed by atoms with E-state index in [-0.39, 0.29) is 42.0 Å². The third-order valence-electron chi connectivity index (χ3n) is 12.5. The van der Waals surface area contributed by atoms with Crippen molar-refractivity contribution in [3.05, 3.63) is 89.5 Å². The highest BCUT2D eigenvalue weighted by Gasteiger charge is 2.61. The summed E-state index contributed by atoms with van der Waals surface area (Å²) < 4.78 is 34.7. The van der Waals surface area contributed by atoms with Crippen LogP contribution in [0, 0.1) is 5.92 Å². The fraction of sp³-hybridized carbons (Fsp3) is 0.465. The van der Waals surface area contributed by atoms with Gasteiger partial charge in [-0.25, -0.2) is 22.7 Å². The fourth-order valence-electron chi connectivity index (χ4n) is 9.26. The van der Waals surface area contributed by atoms with E-state index in [1.54, 1.807) is 0 Å². The molecule has 2 saturated carbocycles. The number of carbonyl (C=O) groups excluding carboxylic acids is 4. The van der Waals surface area contributed by atoms with Gasteiger partial charge in [-0.15, -0.1) is 0 Å². The molecule has 0 spiro atoms.